The highest BCUT2D eigenvalue weighted by Gasteiger charge is 2.24. The Morgan fingerprint density at radius 1 is 1.35 bits per heavy atom. The maximum absolute atomic E-state index is 11.6. The van der Waals surface area contributed by atoms with Crippen LogP contribution in [0.3, 0.4) is 0 Å². The Morgan fingerprint density at radius 2 is 1.94 bits per heavy atom. The number of hydrogen-bond donors (Lipinski definition) is 1. The lowest BCUT2D eigenvalue weighted by Gasteiger charge is -2.30. The number of likely N-dealkylation sites (tertiary alicyclic amines) is 1. The Kier molecular flexibility index (Phi) is 5.25. The Hall–Kier alpha value is -1.26. The predicted molar refractivity (Wildman–Crippen MR) is 64.3 cm³/mol. The Morgan fingerprint density at radius 3 is 2.41 bits per heavy atom. The monoisotopic (exact) mass is 242 g/mol. The van der Waals surface area contributed by atoms with Crippen LogP contribution in [0.1, 0.15) is 33.1 Å². The van der Waals surface area contributed by atoms with Gasteiger partial charge >= 0.3 is 6.09 Å². The van der Waals surface area contributed by atoms with Crippen LogP contribution in [0.25, 0.3) is 0 Å². The van der Waals surface area contributed by atoms with Crippen LogP contribution in [0, 0.1) is 11.8 Å². The van der Waals surface area contributed by atoms with Gasteiger partial charge in [-0.25, -0.2) is 4.79 Å². The normalized spacial score (nSPS) is 17.2. The number of nitrogens with two attached hydrogens (primary N) is 1. The van der Waals surface area contributed by atoms with Crippen molar-refractivity contribution in [3.8, 4) is 0 Å². The number of hydrogen-bond acceptors (Lipinski definition) is 3. The molecule has 0 radical (unpaired) electrons. The molecule has 1 aliphatic heterocycles. The molecule has 1 heterocycles. The van der Waals surface area contributed by atoms with E-state index >= 15 is 0 Å². The Labute approximate surface area is 102 Å². The molecule has 0 spiro atoms. The molecule has 1 saturated heterocycles. The average molecular weight is 242 g/mol. The average Bonchev–Trinajstić information content (AvgIpc) is 2.26. The van der Waals surface area contributed by atoms with Gasteiger partial charge in [0.25, 0.3) is 0 Å². The topological polar surface area (TPSA) is 72.6 Å². The summed E-state index contributed by atoms with van der Waals surface area (Å²) in [6.07, 6.45) is 1.85. The number of nitrogens with zero attached hydrogens (tertiary/aromatic N) is 1. The Balaban J connectivity index is 2.26. The highest BCUT2D eigenvalue weighted by molar-refractivity contribution is 5.74. The molecule has 2 N–H and O–H groups in total. The van der Waals surface area contributed by atoms with Gasteiger partial charge in [0.1, 0.15) is 0 Å². The van der Waals surface area contributed by atoms with Crippen LogP contribution in [0.5, 0.6) is 0 Å². The second-order valence-corrected chi connectivity index (χ2v) is 5.07. The molecule has 0 aromatic rings. The van der Waals surface area contributed by atoms with Gasteiger partial charge in [-0.05, 0) is 24.7 Å². The lowest BCUT2D eigenvalue weighted by atomic mass is 9.93. The van der Waals surface area contributed by atoms with Crippen molar-refractivity contribution in [2.45, 2.75) is 33.1 Å². The molecule has 5 nitrogen and oxygen atoms in total. The summed E-state index contributed by atoms with van der Waals surface area (Å²) < 4.78 is 5.15. The molecule has 1 rings (SSSR count). The van der Waals surface area contributed by atoms with E-state index in [0.717, 1.165) is 12.8 Å². The quantitative estimate of drug-likeness (QED) is 0.809. The van der Waals surface area contributed by atoms with Crippen LogP contribution in [-0.2, 0) is 9.53 Å². The van der Waals surface area contributed by atoms with E-state index in [1.165, 1.54) is 0 Å². The van der Waals surface area contributed by atoms with E-state index in [9.17, 15) is 9.59 Å². The van der Waals surface area contributed by atoms with Gasteiger partial charge in [0.15, 0.2) is 0 Å². The van der Waals surface area contributed by atoms with Gasteiger partial charge in [0.2, 0.25) is 5.91 Å². The van der Waals surface area contributed by atoms with Crippen molar-refractivity contribution in [3.63, 3.8) is 0 Å². The van der Waals surface area contributed by atoms with Crippen LogP contribution in [-0.4, -0.2) is 36.6 Å². The highest BCUT2D eigenvalue weighted by atomic mass is 16.6. The molecule has 2 amide bonds. The minimum atomic E-state index is -0.258. The molecular weight excluding hydrogens is 220 g/mol. The SMILES string of the molecule is CC(C)COC(=O)N1CCC(CC(N)=O)CC1. The molecule has 0 aliphatic carbocycles. The van der Waals surface area contributed by atoms with E-state index < -0.39 is 0 Å². The zero-order chi connectivity index (χ0) is 12.8. The van der Waals surface area contributed by atoms with Crippen LogP contribution in [0.2, 0.25) is 0 Å². The van der Waals surface area contributed by atoms with Gasteiger partial charge in [-0.3, -0.25) is 4.79 Å². The standard InChI is InChI=1S/C12H22N2O3/c1-9(2)8-17-12(16)14-5-3-10(4-6-14)7-11(13)15/h9-10H,3-8H2,1-2H3,(H2,13,15). The number of amides is 2. The second-order valence-electron chi connectivity index (χ2n) is 5.07. The summed E-state index contributed by atoms with van der Waals surface area (Å²) in [5, 5.41) is 0. The van der Waals surface area contributed by atoms with E-state index in [4.69, 9.17) is 10.5 Å². The predicted octanol–water partition coefficient (Wildman–Crippen LogP) is 1.37. The van der Waals surface area contributed by atoms with Gasteiger partial charge in [0, 0.05) is 19.5 Å². The number of ether oxygens (including phenoxy) is 1. The summed E-state index contributed by atoms with van der Waals surface area (Å²) in [4.78, 5) is 24.1. The lowest BCUT2D eigenvalue weighted by Crippen LogP contribution is -2.40. The van der Waals surface area contributed by atoms with Crippen molar-refractivity contribution in [2.75, 3.05) is 19.7 Å². The summed E-state index contributed by atoms with van der Waals surface area (Å²) >= 11 is 0. The largest absolute Gasteiger partial charge is 0.449 e. The zero-order valence-corrected chi connectivity index (χ0v) is 10.6. The van der Waals surface area contributed by atoms with Gasteiger partial charge < -0.3 is 15.4 Å². The van der Waals surface area contributed by atoms with E-state index in [-0.39, 0.29) is 12.0 Å². The minimum absolute atomic E-state index is 0.240. The fraction of sp³-hybridized carbons (Fsp3) is 0.833. The Bertz CT molecular complexity index is 271. The molecule has 1 fully saturated rings. The molecule has 17 heavy (non-hydrogen) atoms. The first-order chi connectivity index (χ1) is 7.99. The van der Waals surface area contributed by atoms with E-state index in [0.29, 0.717) is 38.0 Å². The summed E-state index contributed by atoms with van der Waals surface area (Å²) in [6, 6.07) is 0. The van der Waals surface area contributed by atoms with Crippen molar-refractivity contribution in [1.82, 2.24) is 4.90 Å². The van der Waals surface area contributed by atoms with Crippen molar-refractivity contribution in [1.29, 1.82) is 0 Å². The molecule has 0 unspecified atom stereocenters. The van der Waals surface area contributed by atoms with E-state index in [1.54, 1.807) is 4.90 Å². The minimum Gasteiger partial charge on any atom is -0.449 e. The van der Waals surface area contributed by atoms with Crippen molar-refractivity contribution >= 4 is 12.0 Å². The number of carbonyl (C=O) groups is 2. The summed E-state index contributed by atoms with van der Waals surface area (Å²) in [5.41, 5.74) is 5.15. The van der Waals surface area contributed by atoms with Crippen molar-refractivity contribution in [2.24, 2.45) is 17.6 Å². The van der Waals surface area contributed by atoms with Gasteiger partial charge in [-0.1, -0.05) is 13.8 Å². The van der Waals surface area contributed by atoms with E-state index in [2.05, 4.69) is 0 Å². The first kappa shape index (κ1) is 13.8. The molecular formula is C12H22N2O3. The fourth-order valence-electron chi connectivity index (χ4n) is 1.93. The molecule has 0 aromatic carbocycles. The summed E-state index contributed by atoms with van der Waals surface area (Å²) in [6.45, 7) is 5.79. The lowest BCUT2D eigenvalue weighted by molar-refractivity contribution is -0.119. The van der Waals surface area contributed by atoms with E-state index in [1.807, 2.05) is 13.8 Å². The van der Waals surface area contributed by atoms with Gasteiger partial charge in [-0.2, -0.15) is 0 Å². The molecule has 0 aromatic heterocycles. The third-order valence-electron chi connectivity index (χ3n) is 2.90. The molecule has 1 aliphatic rings. The molecule has 0 bridgehead atoms. The molecule has 5 heteroatoms. The van der Waals surface area contributed by atoms with Crippen LogP contribution in [0.4, 0.5) is 4.79 Å². The number of carbonyl (C=O) groups excluding carboxylic acids is 2. The second kappa shape index (κ2) is 6.47. The first-order valence-electron chi connectivity index (χ1n) is 6.19. The summed E-state index contributed by atoms with van der Waals surface area (Å²) in [5.74, 6) is 0.416. The van der Waals surface area contributed by atoms with Crippen molar-refractivity contribution < 1.29 is 14.3 Å². The number of piperidine rings is 1. The first-order valence-corrected chi connectivity index (χ1v) is 6.19. The molecule has 0 saturated carbocycles. The van der Waals surface area contributed by atoms with Crippen LogP contribution in [0.15, 0.2) is 0 Å². The smallest absolute Gasteiger partial charge is 0.409 e. The van der Waals surface area contributed by atoms with Crippen LogP contribution >= 0.6 is 0 Å². The molecule has 0 atom stereocenters. The fourth-order valence-corrected chi connectivity index (χ4v) is 1.93. The molecule has 98 valence electrons. The third kappa shape index (κ3) is 5.06. The third-order valence-corrected chi connectivity index (χ3v) is 2.90. The van der Waals surface area contributed by atoms with Gasteiger partial charge in [0.05, 0.1) is 6.61 Å². The zero-order valence-electron chi connectivity index (χ0n) is 10.6. The highest BCUT2D eigenvalue weighted by Crippen LogP contribution is 2.20. The maximum atomic E-state index is 11.6. The number of rotatable bonds is 4. The maximum Gasteiger partial charge on any atom is 0.409 e. The summed E-state index contributed by atoms with van der Waals surface area (Å²) in [7, 11) is 0. The van der Waals surface area contributed by atoms with Gasteiger partial charge in [-0.15, -0.1) is 0 Å². The van der Waals surface area contributed by atoms with Crippen molar-refractivity contribution in [3.05, 3.63) is 0 Å². The number of primary amides is 1. The van der Waals surface area contributed by atoms with Crippen LogP contribution < -0.4 is 5.73 Å².